The topological polar surface area (TPSA) is 111 Å². The van der Waals surface area contributed by atoms with E-state index in [1.54, 1.807) is 13.2 Å². The molecule has 3 N–H and O–H groups in total. The van der Waals surface area contributed by atoms with Gasteiger partial charge in [0.05, 0.1) is 11.5 Å². The van der Waals surface area contributed by atoms with Crippen LogP contribution in [0.4, 0.5) is 0 Å². The van der Waals surface area contributed by atoms with Crippen LogP contribution >= 0.6 is 0 Å². The summed E-state index contributed by atoms with van der Waals surface area (Å²) in [7, 11) is -2.55. The fourth-order valence-corrected chi connectivity index (χ4v) is 6.56. The van der Waals surface area contributed by atoms with E-state index in [2.05, 4.69) is 20.4 Å². The van der Waals surface area contributed by atoms with Gasteiger partial charge in [-0.15, -0.1) is 0 Å². The molecule has 5 rings (SSSR count). The van der Waals surface area contributed by atoms with Crippen LogP contribution in [0.15, 0.2) is 53.9 Å². The number of H-pyrrole nitrogens is 1. The largest absolute Gasteiger partial charge is 0.465 e. The highest BCUT2D eigenvalue weighted by Gasteiger charge is 2.35. The van der Waals surface area contributed by atoms with E-state index in [1.807, 2.05) is 56.4 Å². The highest BCUT2D eigenvalue weighted by molar-refractivity contribution is 7.89. The average Bonchev–Trinajstić information content (AvgIpc) is 3.36. The Morgan fingerprint density at radius 1 is 1.11 bits per heavy atom. The molecule has 1 fully saturated rings. The maximum absolute atomic E-state index is 13.0. The molecule has 0 unspecified atom stereocenters. The van der Waals surface area contributed by atoms with Crippen molar-refractivity contribution in [3.8, 4) is 0 Å². The summed E-state index contributed by atoms with van der Waals surface area (Å²) in [6, 6.07) is 11.6. The molecule has 0 atom stereocenters. The van der Waals surface area contributed by atoms with Gasteiger partial charge in [0.25, 0.3) is 0 Å². The number of nitrogens with one attached hydrogen (secondary N) is 2. The van der Waals surface area contributed by atoms with E-state index >= 15 is 0 Å². The second kappa shape index (κ2) is 10.9. The minimum Gasteiger partial charge on any atom is -0.428 e. The van der Waals surface area contributed by atoms with Crippen LogP contribution in [-0.2, 0) is 16.6 Å². The Morgan fingerprint density at radius 2 is 1.83 bits per heavy atom. The van der Waals surface area contributed by atoms with Gasteiger partial charge in [-0.1, -0.05) is 44.2 Å². The summed E-state index contributed by atoms with van der Waals surface area (Å²) in [5.41, 5.74) is 4.38. The van der Waals surface area contributed by atoms with Crippen LogP contribution in [0.1, 0.15) is 50.7 Å². The minimum absolute atomic E-state index is 0.136. The lowest BCUT2D eigenvalue weighted by atomic mass is 9.68. The van der Waals surface area contributed by atoms with E-state index in [-0.39, 0.29) is 17.6 Å². The standard InChI is InChI=1S/C23H28BN5O3S.C2H6/c1-29(14-16-5-3-2-4-6-16)33(31,32)15-17-7-9-18(10-8-17)22-21-19-11-12-25-23(19)26-13-20(21)24(30)28-27-22;1-2/h2-6,11-13,17-18,28,30H,7-10,14-15H2,1H3,(H,25,26);1-2H3. The van der Waals surface area contributed by atoms with E-state index in [1.165, 1.54) is 4.31 Å². The fourth-order valence-electron chi connectivity index (χ4n) is 5.03. The number of rotatable bonds is 6. The second-order valence-electron chi connectivity index (χ2n) is 9.10. The molecule has 35 heavy (non-hydrogen) atoms. The molecule has 1 aliphatic heterocycles. The lowest BCUT2D eigenvalue weighted by molar-refractivity contribution is 0.338. The molecule has 2 aliphatic rings. The monoisotopic (exact) mass is 495 g/mol. The third kappa shape index (κ3) is 5.44. The Bertz CT molecular complexity index is 1270. The lowest BCUT2D eigenvalue weighted by Gasteiger charge is -2.32. The van der Waals surface area contributed by atoms with Gasteiger partial charge in [0.2, 0.25) is 10.0 Å². The summed E-state index contributed by atoms with van der Waals surface area (Å²) < 4.78 is 27.4. The molecule has 0 bridgehead atoms. The molecule has 10 heteroatoms. The summed E-state index contributed by atoms with van der Waals surface area (Å²) in [5, 5.41) is 18.7. The number of aromatic amines is 1. The number of benzene rings is 1. The molecule has 1 aliphatic carbocycles. The average molecular weight is 495 g/mol. The Labute approximate surface area is 208 Å². The normalized spacial score (nSPS) is 20.0. The zero-order valence-corrected chi connectivity index (χ0v) is 21.4. The van der Waals surface area contributed by atoms with E-state index in [9.17, 15) is 13.4 Å². The fraction of sp³-hybridized carbons (Fsp3) is 0.440. The van der Waals surface area contributed by atoms with Gasteiger partial charge in [-0.2, -0.15) is 5.10 Å². The first-order valence-electron chi connectivity index (χ1n) is 12.4. The Morgan fingerprint density at radius 3 is 2.54 bits per heavy atom. The number of hydrazone groups is 1. The van der Waals surface area contributed by atoms with Crippen molar-refractivity contribution in [2.24, 2.45) is 16.9 Å². The van der Waals surface area contributed by atoms with Crippen molar-refractivity contribution in [2.75, 3.05) is 12.8 Å². The van der Waals surface area contributed by atoms with Crippen molar-refractivity contribution in [3.63, 3.8) is 0 Å². The molecule has 186 valence electrons. The summed E-state index contributed by atoms with van der Waals surface area (Å²) in [6.07, 6.45) is 6.95. The van der Waals surface area contributed by atoms with E-state index < -0.39 is 17.1 Å². The Balaban J connectivity index is 0.00000141. The van der Waals surface area contributed by atoms with Gasteiger partial charge in [-0.3, -0.25) is 0 Å². The number of hydrogen-bond acceptors (Lipinski definition) is 6. The summed E-state index contributed by atoms with van der Waals surface area (Å²) in [5.74, 6) is 0.524. The van der Waals surface area contributed by atoms with Crippen molar-refractivity contribution in [1.29, 1.82) is 0 Å². The first-order chi connectivity index (χ1) is 16.9. The lowest BCUT2D eigenvalue weighted by Crippen LogP contribution is -2.50. The molecule has 0 spiro atoms. The molecular weight excluding hydrogens is 461 g/mol. The highest BCUT2D eigenvalue weighted by Crippen LogP contribution is 2.34. The predicted octanol–water partition coefficient (Wildman–Crippen LogP) is 2.85. The first kappa shape index (κ1) is 25.4. The number of sulfonamides is 1. The van der Waals surface area contributed by atoms with Crippen molar-refractivity contribution in [1.82, 2.24) is 19.6 Å². The van der Waals surface area contributed by atoms with E-state index in [4.69, 9.17) is 0 Å². The number of aromatic nitrogens is 2. The SMILES string of the molecule is CC.CN(Cc1ccccc1)S(=O)(=O)CC1CCC(C2=NNB(O)c3cnc4[nH]ccc4c32)CC1. The van der Waals surface area contributed by atoms with Crippen LogP contribution < -0.4 is 10.8 Å². The van der Waals surface area contributed by atoms with Gasteiger partial charge >= 0.3 is 7.05 Å². The molecule has 1 saturated carbocycles. The zero-order chi connectivity index (χ0) is 25.0. The van der Waals surface area contributed by atoms with Gasteiger partial charge in [0.15, 0.2) is 0 Å². The van der Waals surface area contributed by atoms with Gasteiger partial charge < -0.3 is 15.3 Å². The molecule has 3 heterocycles. The van der Waals surface area contributed by atoms with Gasteiger partial charge in [0, 0.05) is 48.3 Å². The van der Waals surface area contributed by atoms with Crippen LogP contribution in [0.3, 0.4) is 0 Å². The van der Waals surface area contributed by atoms with Crippen molar-refractivity contribution < 1.29 is 13.4 Å². The second-order valence-corrected chi connectivity index (χ2v) is 11.2. The molecule has 8 nitrogen and oxygen atoms in total. The third-order valence-electron chi connectivity index (χ3n) is 6.88. The maximum atomic E-state index is 13.0. The number of pyridine rings is 1. The van der Waals surface area contributed by atoms with E-state index in [0.29, 0.717) is 6.54 Å². The molecule has 0 amide bonds. The number of nitrogens with zero attached hydrogens (tertiary/aromatic N) is 3. The van der Waals surface area contributed by atoms with Gasteiger partial charge in [0.1, 0.15) is 5.65 Å². The zero-order valence-electron chi connectivity index (χ0n) is 20.6. The van der Waals surface area contributed by atoms with Gasteiger partial charge in [-0.05, 0) is 43.2 Å². The molecule has 3 aromatic rings. The highest BCUT2D eigenvalue weighted by atomic mass is 32.2. The Kier molecular flexibility index (Phi) is 7.93. The quantitative estimate of drug-likeness (QED) is 0.456. The predicted molar refractivity (Wildman–Crippen MR) is 142 cm³/mol. The van der Waals surface area contributed by atoms with Crippen LogP contribution in [0.25, 0.3) is 11.0 Å². The van der Waals surface area contributed by atoms with Crippen LogP contribution in [0, 0.1) is 11.8 Å². The summed E-state index contributed by atoms with van der Waals surface area (Å²) in [6.45, 7) is 4.39. The third-order valence-corrected chi connectivity index (χ3v) is 8.85. The molecule has 0 radical (unpaired) electrons. The number of fused-ring (bicyclic) bond motifs is 3. The minimum atomic E-state index is -3.33. The molecular formula is C25H34BN5O3S. The van der Waals surface area contributed by atoms with Gasteiger partial charge in [-0.25, -0.2) is 17.7 Å². The molecule has 1 aromatic carbocycles. The maximum Gasteiger partial charge on any atom is 0.465 e. The smallest absolute Gasteiger partial charge is 0.428 e. The summed E-state index contributed by atoms with van der Waals surface area (Å²) in [4.78, 5) is 7.53. The van der Waals surface area contributed by atoms with E-state index in [0.717, 1.165) is 59.0 Å². The van der Waals surface area contributed by atoms with Crippen LogP contribution in [-0.4, -0.2) is 53.3 Å². The van der Waals surface area contributed by atoms with Crippen molar-refractivity contribution in [2.45, 2.75) is 46.1 Å². The molecule has 2 aromatic heterocycles. The Hall–Kier alpha value is -2.69. The first-order valence-corrected chi connectivity index (χ1v) is 14.0. The number of hydrogen-bond donors (Lipinski definition) is 3. The summed E-state index contributed by atoms with van der Waals surface area (Å²) >= 11 is 0. The van der Waals surface area contributed by atoms with Crippen molar-refractivity contribution in [3.05, 3.63) is 59.9 Å². The van der Waals surface area contributed by atoms with Crippen LogP contribution in [0.2, 0.25) is 0 Å². The van der Waals surface area contributed by atoms with Crippen molar-refractivity contribution >= 4 is 39.3 Å². The van der Waals surface area contributed by atoms with Crippen LogP contribution in [0.5, 0.6) is 0 Å². The molecule has 0 saturated heterocycles.